The van der Waals surface area contributed by atoms with Gasteiger partial charge in [0.2, 0.25) is 0 Å². The molecule has 0 saturated carbocycles. The Kier molecular flexibility index (Phi) is 3.70. The number of benzene rings is 2. The summed E-state index contributed by atoms with van der Waals surface area (Å²) in [4.78, 5) is 17.2. The van der Waals surface area contributed by atoms with Crippen LogP contribution in [0.15, 0.2) is 48.8 Å². The Balaban J connectivity index is 1.44. The van der Waals surface area contributed by atoms with Gasteiger partial charge in [0.15, 0.2) is 5.82 Å². The van der Waals surface area contributed by atoms with Crippen molar-refractivity contribution in [2.45, 2.75) is 6.92 Å². The molecule has 4 aromatic rings. The zero-order chi connectivity index (χ0) is 18.4. The Morgan fingerprint density at radius 3 is 2.44 bits per heavy atom. The molecule has 0 spiro atoms. The molecule has 2 aromatic heterocycles. The number of rotatable bonds is 2. The largest absolute Gasteiger partial charge is 0.368 e. The number of aromatic nitrogens is 3. The topological polar surface area (TPSA) is 48.1 Å². The first-order valence-electron chi connectivity index (χ1n) is 9.17. The van der Waals surface area contributed by atoms with Crippen molar-refractivity contribution in [3.05, 3.63) is 60.2 Å². The maximum atomic E-state index is 13.2. The third kappa shape index (κ3) is 2.77. The Bertz CT molecular complexity index is 1110. The molecule has 5 rings (SSSR count). The molecule has 1 fully saturated rings. The van der Waals surface area contributed by atoms with Crippen molar-refractivity contribution in [2.75, 3.05) is 36.0 Å². The van der Waals surface area contributed by atoms with E-state index in [1.54, 1.807) is 6.33 Å². The van der Waals surface area contributed by atoms with Crippen molar-refractivity contribution < 1.29 is 4.39 Å². The lowest BCUT2D eigenvalue weighted by Crippen LogP contribution is -2.47. The van der Waals surface area contributed by atoms with Gasteiger partial charge in [-0.3, -0.25) is 0 Å². The highest BCUT2D eigenvalue weighted by Crippen LogP contribution is 2.30. The lowest BCUT2D eigenvalue weighted by molar-refractivity contribution is 0.624. The Morgan fingerprint density at radius 2 is 1.67 bits per heavy atom. The van der Waals surface area contributed by atoms with Crippen LogP contribution in [0.2, 0.25) is 0 Å². The average Bonchev–Trinajstić information content (AvgIpc) is 3.06. The molecule has 0 atom stereocenters. The van der Waals surface area contributed by atoms with Gasteiger partial charge in [-0.1, -0.05) is 12.1 Å². The van der Waals surface area contributed by atoms with Gasteiger partial charge in [0.05, 0.1) is 0 Å². The number of nitrogens with zero attached hydrogens (tertiary/aromatic N) is 4. The zero-order valence-corrected chi connectivity index (χ0v) is 15.1. The van der Waals surface area contributed by atoms with E-state index in [9.17, 15) is 4.39 Å². The fraction of sp³-hybridized carbons (Fsp3) is 0.238. The second-order valence-electron chi connectivity index (χ2n) is 7.05. The maximum Gasteiger partial charge on any atom is 0.156 e. The van der Waals surface area contributed by atoms with Crippen molar-refractivity contribution in [1.29, 1.82) is 0 Å². The Labute approximate surface area is 156 Å². The molecule has 0 unspecified atom stereocenters. The molecule has 1 aliphatic heterocycles. The van der Waals surface area contributed by atoms with Gasteiger partial charge in [-0.25, -0.2) is 14.4 Å². The highest BCUT2D eigenvalue weighted by molar-refractivity contribution is 6.08. The summed E-state index contributed by atoms with van der Waals surface area (Å²) in [6.45, 7) is 5.55. The second kappa shape index (κ2) is 6.23. The smallest absolute Gasteiger partial charge is 0.156 e. The van der Waals surface area contributed by atoms with Crippen LogP contribution in [0, 0.1) is 12.7 Å². The molecule has 5 nitrogen and oxygen atoms in total. The first-order valence-corrected chi connectivity index (χ1v) is 9.17. The van der Waals surface area contributed by atoms with Gasteiger partial charge in [-0.05, 0) is 42.8 Å². The number of nitrogens with one attached hydrogen (secondary N) is 1. The highest BCUT2D eigenvalue weighted by Gasteiger charge is 2.21. The fourth-order valence-corrected chi connectivity index (χ4v) is 3.87. The molecule has 1 N–H and O–H groups in total. The van der Waals surface area contributed by atoms with Gasteiger partial charge in [0, 0.05) is 42.8 Å². The van der Waals surface area contributed by atoms with Crippen LogP contribution in [-0.4, -0.2) is 41.1 Å². The molecule has 0 radical (unpaired) electrons. The first-order chi connectivity index (χ1) is 13.2. The number of aryl methyl sites for hydroxylation is 1. The predicted molar refractivity (Wildman–Crippen MR) is 107 cm³/mol. The summed E-state index contributed by atoms with van der Waals surface area (Å²) in [7, 11) is 0. The minimum atomic E-state index is -0.199. The van der Waals surface area contributed by atoms with E-state index in [1.165, 1.54) is 17.7 Å². The zero-order valence-electron chi connectivity index (χ0n) is 15.1. The molecular weight excluding hydrogens is 341 g/mol. The molecule has 27 heavy (non-hydrogen) atoms. The molecule has 1 aliphatic rings. The lowest BCUT2D eigenvalue weighted by Gasteiger charge is -2.36. The van der Waals surface area contributed by atoms with E-state index >= 15 is 0 Å². The predicted octanol–water partition coefficient (Wildman–Crippen LogP) is 3.89. The van der Waals surface area contributed by atoms with E-state index in [1.807, 2.05) is 12.1 Å². The summed E-state index contributed by atoms with van der Waals surface area (Å²) in [6.07, 6.45) is 1.65. The molecule has 6 heteroatoms. The number of piperazine rings is 1. The molecule has 136 valence electrons. The first kappa shape index (κ1) is 16.1. The van der Waals surface area contributed by atoms with Gasteiger partial charge < -0.3 is 14.8 Å². The van der Waals surface area contributed by atoms with E-state index in [4.69, 9.17) is 0 Å². The quantitative estimate of drug-likeness (QED) is 0.589. The monoisotopic (exact) mass is 361 g/mol. The van der Waals surface area contributed by atoms with Crippen molar-refractivity contribution in [3.8, 4) is 0 Å². The maximum absolute atomic E-state index is 13.2. The summed E-state index contributed by atoms with van der Waals surface area (Å²) in [5, 5.41) is 1.13. The number of H-pyrrole nitrogens is 1. The van der Waals surface area contributed by atoms with Gasteiger partial charge >= 0.3 is 0 Å². The second-order valence-corrected chi connectivity index (χ2v) is 7.05. The molecule has 0 bridgehead atoms. The van der Waals surface area contributed by atoms with E-state index in [-0.39, 0.29) is 5.82 Å². The van der Waals surface area contributed by atoms with Crippen LogP contribution in [-0.2, 0) is 0 Å². The van der Waals surface area contributed by atoms with Crippen molar-refractivity contribution in [1.82, 2.24) is 15.0 Å². The summed E-state index contributed by atoms with van der Waals surface area (Å²) in [5.41, 5.74) is 5.34. The van der Waals surface area contributed by atoms with Crippen LogP contribution in [0.1, 0.15) is 5.56 Å². The number of aromatic amines is 1. The van der Waals surface area contributed by atoms with E-state index in [0.717, 1.165) is 59.6 Å². The molecular formula is C21H20FN5. The van der Waals surface area contributed by atoms with Crippen molar-refractivity contribution in [3.63, 3.8) is 0 Å². The van der Waals surface area contributed by atoms with E-state index < -0.39 is 0 Å². The summed E-state index contributed by atoms with van der Waals surface area (Å²) in [6, 6.07) is 13.1. The van der Waals surface area contributed by atoms with Crippen LogP contribution in [0.5, 0.6) is 0 Å². The molecule has 2 aromatic carbocycles. The number of halogens is 1. The van der Waals surface area contributed by atoms with Crippen LogP contribution in [0.3, 0.4) is 0 Å². The fourth-order valence-electron chi connectivity index (χ4n) is 3.87. The Morgan fingerprint density at radius 1 is 0.926 bits per heavy atom. The van der Waals surface area contributed by atoms with Crippen molar-refractivity contribution in [2.24, 2.45) is 0 Å². The van der Waals surface area contributed by atoms with Crippen LogP contribution >= 0.6 is 0 Å². The average molecular weight is 361 g/mol. The minimum Gasteiger partial charge on any atom is -0.368 e. The normalized spacial score (nSPS) is 15.0. The van der Waals surface area contributed by atoms with Gasteiger partial charge in [-0.15, -0.1) is 0 Å². The Hall–Kier alpha value is -3.15. The molecule has 1 saturated heterocycles. The lowest BCUT2D eigenvalue weighted by atomic mass is 10.2. The summed E-state index contributed by atoms with van der Waals surface area (Å²) in [5.74, 6) is 0.752. The molecule has 0 amide bonds. The number of hydrogen-bond acceptors (Lipinski definition) is 4. The van der Waals surface area contributed by atoms with E-state index in [2.05, 4.69) is 49.9 Å². The van der Waals surface area contributed by atoms with Crippen LogP contribution in [0.4, 0.5) is 15.9 Å². The molecule has 0 aliphatic carbocycles. The highest BCUT2D eigenvalue weighted by atomic mass is 19.1. The number of fused-ring (bicyclic) bond motifs is 3. The standard InChI is InChI=1S/C21H20FN5/c1-14-2-7-17-18(12-14)25-20-19(17)23-13-24-21(20)27-10-8-26(9-11-27)16-5-3-15(22)4-6-16/h2-7,12-13,25H,8-11H2,1H3. The number of hydrogen-bond donors (Lipinski definition) is 1. The summed E-state index contributed by atoms with van der Waals surface area (Å²) < 4.78 is 13.2. The van der Waals surface area contributed by atoms with E-state index in [0.29, 0.717) is 0 Å². The van der Waals surface area contributed by atoms with Gasteiger partial charge in [0.1, 0.15) is 23.2 Å². The SMILES string of the molecule is Cc1ccc2c(c1)[nH]c1c(N3CCN(c4ccc(F)cc4)CC3)ncnc12. The van der Waals surface area contributed by atoms with Crippen LogP contribution in [0.25, 0.3) is 21.9 Å². The van der Waals surface area contributed by atoms with Gasteiger partial charge in [0.25, 0.3) is 0 Å². The van der Waals surface area contributed by atoms with Crippen molar-refractivity contribution >= 4 is 33.4 Å². The molecule has 3 heterocycles. The minimum absolute atomic E-state index is 0.199. The summed E-state index contributed by atoms with van der Waals surface area (Å²) >= 11 is 0. The van der Waals surface area contributed by atoms with Gasteiger partial charge in [-0.2, -0.15) is 0 Å². The van der Waals surface area contributed by atoms with Crippen LogP contribution < -0.4 is 9.80 Å². The third-order valence-electron chi connectivity index (χ3n) is 5.29. The number of anilines is 2. The third-order valence-corrected chi connectivity index (χ3v) is 5.29.